The molecule has 7 heteroatoms. The molecule has 4 aromatic carbocycles. The van der Waals surface area contributed by atoms with E-state index in [-0.39, 0.29) is 23.8 Å². The van der Waals surface area contributed by atoms with E-state index in [9.17, 15) is 9.59 Å². The highest BCUT2D eigenvalue weighted by Gasteiger charge is 2.28. The Kier molecular flexibility index (Phi) is 10.2. The Bertz CT molecular complexity index is 1730. The van der Waals surface area contributed by atoms with Crippen LogP contribution in [0.2, 0.25) is 15.1 Å². The van der Waals surface area contributed by atoms with Crippen molar-refractivity contribution in [1.29, 1.82) is 0 Å². The van der Waals surface area contributed by atoms with Crippen molar-refractivity contribution in [3.63, 3.8) is 0 Å². The molecule has 0 saturated carbocycles. The van der Waals surface area contributed by atoms with Gasteiger partial charge in [-0.05, 0) is 77.8 Å². The first-order valence-electron chi connectivity index (χ1n) is 14.8. The third-order valence-corrected chi connectivity index (χ3v) is 9.46. The first kappa shape index (κ1) is 31.8. The van der Waals surface area contributed by atoms with Crippen molar-refractivity contribution in [1.82, 2.24) is 10.6 Å². The van der Waals surface area contributed by atoms with E-state index in [2.05, 4.69) is 53.1 Å². The van der Waals surface area contributed by atoms with Crippen LogP contribution in [0.5, 0.6) is 0 Å². The van der Waals surface area contributed by atoms with E-state index in [4.69, 9.17) is 34.8 Å². The molecule has 0 bridgehead atoms. The molecule has 4 nitrogen and oxygen atoms in total. The second-order valence-electron chi connectivity index (χ2n) is 11.4. The van der Waals surface area contributed by atoms with Crippen LogP contribution in [-0.4, -0.2) is 11.8 Å². The summed E-state index contributed by atoms with van der Waals surface area (Å²) >= 11 is 18.3. The molecule has 0 fully saturated rings. The number of aryl methyl sites for hydroxylation is 1. The Labute approximate surface area is 274 Å². The van der Waals surface area contributed by atoms with Crippen LogP contribution in [-0.2, 0) is 9.59 Å². The Morgan fingerprint density at radius 3 is 1.98 bits per heavy atom. The van der Waals surface area contributed by atoms with Gasteiger partial charge in [-0.1, -0.05) is 108 Å². The van der Waals surface area contributed by atoms with Crippen LogP contribution in [0, 0.1) is 6.92 Å². The molecule has 226 valence electrons. The van der Waals surface area contributed by atoms with Gasteiger partial charge >= 0.3 is 0 Å². The average Bonchev–Trinajstić information content (AvgIpc) is 3.00. The van der Waals surface area contributed by atoms with Gasteiger partial charge in [0.15, 0.2) is 0 Å². The van der Waals surface area contributed by atoms with Crippen LogP contribution in [0.25, 0.3) is 5.70 Å². The van der Waals surface area contributed by atoms with E-state index in [0.717, 1.165) is 46.7 Å². The highest BCUT2D eigenvalue weighted by molar-refractivity contribution is 6.42. The molecule has 0 unspecified atom stereocenters. The smallest absolute Gasteiger partial charge is 0.221 e. The van der Waals surface area contributed by atoms with Gasteiger partial charge in [-0.3, -0.25) is 9.59 Å². The molecule has 0 heterocycles. The number of rotatable bonds is 4. The molecule has 4 aromatic rings. The maximum atomic E-state index is 11.4. The van der Waals surface area contributed by atoms with Crippen molar-refractivity contribution in [2.24, 2.45) is 0 Å². The fraction of sp³-hybridized carbons (Fsp3) is 0.243. The number of hydrogen-bond donors (Lipinski definition) is 2. The van der Waals surface area contributed by atoms with E-state index in [1.54, 1.807) is 6.92 Å². The topological polar surface area (TPSA) is 58.2 Å². The molecule has 2 N–H and O–H groups in total. The molecule has 3 atom stereocenters. The number of carbonyl (C=O) groups is 2. The predicted octanol–water partition coefficient (Wildman–Crippen LogP) is 9.76. The highest BCUT2D eigenvalue weighted by Crippen LogP contribution is 2.42. The van der Waals surface area contributed by atoms with E-state index >= 15 is 0 Å². The van der Waals surface area contributed by atoms with E-state index in [1.807, 2.05) is 55.5 Å². The van der Waals surface area contributed by atoms with Gasteiger partial charge in [0.05, 0.1) is 16.1 Å². The van der Waals surface area contributed by atoms with Crippen molar-refractivity contribution in [3.05, 3.63) is 145 Å². The van der Waals surface area contributed by atoms with Crippen LogP contribution < -0.4 is 10.6 Å². The molecular formula is C37H35Cl3N2O2. The van der Waals surface area contributed by atoms with Crippen molar-refractivity contribution >= 4 is 52.3 Å². The van der Waals surface area contributed by atoms with Gasteiger partial charge in [-0.25, -0.2) is 0 Å². The van der Waals surface area contributed by atoms with Gasteiger partial charge in [-0.2, -0.15) is 0 Å². The van der Waals surface area contributed by atoms with Crippen LogP contribution in [0.3, 0.4) is 0 Å². The largest absolute Gasteiger partial charge is 0.350 e. The zero-order chi connectivity index (χ0) is 31.4. The van der Waals surface area contributed by atoms with Crippen LogP contribution in [0.1, 0.15) is 89.9 Å². The van der Waals surface area contributed by atoms with Crippen molar-refractivity contribution in [3.8, 4) is 0 Å². The Balaban J connectivity index is 0.000000175. The average molecular weight is 646 g/mol. The summed E-state index contributed by atoms with van der Waals surface area (Å²) in [5, 5.41) is 7.91. The summed E-state index contributed by atoms with van der Waals surface area (Å²) in [4.78, 5) is 22.8. The van der Waals surface area contributed by atoms with Crippen LogP contribution >= 0.6 is 34.8 Å². The standard InChI is InChI=1S/C19H20ClNO.C18H15Cl2NO/c1-12-11-14(7-9-18(12)20)15-8-10-19(21-13(2)22)17-6-4-3-5-16(15)17;1-11(22)21-18-9-7-13(14-4-2-3-5-15(14)18)12-6-8-16(19)17(20)10-12/h3-7,9,11,15,19H,8,10H2,1-2H3,(H,21,22);2-6,8-10,13H,7H2,1H3,(H,21,22)/t15-,19+;13-/m00/s1. The molecule has 2 aliphatic rings. The molecule has 6 rings (SSSR count). The van der Waals surface area contributed by atoms with Crippen LogP contribution in [0.4, 0.5) is 0 Å². The van der Waals surface area contributed by atoms with Gasteiger partial charge in [-0.15, -0.1) is 0 Å². The summed E-state index contributed by atoms with van der Waals surface area (Å²) < 4.78 is 0. The number of allylic oxidation sites excluding steroid dienone is 1. The lowest BCUT2D eigenvalue weighted by Crippen LogP contribution is -2.30. The number of benzene rings is 4. The molecule has 2 aliphatic carbocycles. The number of hydrogen-bond acceptors (Lipinski definition) is 2. The maximum absolute atomic E-state index is 11.4. The normalized spacial score (nSPS) is 18.5. The van der Waals surface area contributed by atoms with Gasteiger partial charge in [0.2, 0.25) is 11.8 Å². The molecule has 0 aromatic heterocycles. The summed E-state index contributed by atoms with van der Waals surface area (Å²) in [7, 11) is 0. The third kappa shape index (κ3) is 7.21. The van der Waals surface area contributed by atoms with Gasteiger partial charge in [0.25, 0.3) is 0 Å². The minimum Gasteiger partial charge on any atom is -0.350 e. The number of halogens is 3. The van der Waals surface area contributed by atoms with Gasteiger partial charge in [0, 0.05) is 42.0 Å². The second kappa shape index (κ2) is 14.0. The number of amides is 2. The molecule has 2 amide bonds. The Hall–Kier alpha value is -3.57. The molecular weight excluding hydrogens is 611 g/mol. The highest BCUT2D eigenvalue weighted by atomic mass is 35.5. The monoisotopic (exact) mass is 644 g/mol. The summed E-state index contributed by atoms with van der Waals surface area (Å²) in [6, 6.07) is 28.7. The number of fused-ring (bicyclic) bond motifs is 2. The fourth-order valence-electron chi connectivity index (χ4n) is 6.29. The van der Waals surface area contributed by atoms with E-state index < -0.39 is 0 Å². The number of carbonyl (C=O) groups excluding carboxylic acids is 2. The van der Waals surface area contributed by atoms with E-state index in [1.165, 1.54) is 29.2 Å². The molecule has 44 heavy (non-hydrogen) atoms. The van der Waals surface area contributed by atoms with Crippen molar-refractivity contribution in [2.45, 2.75) is 57.9 Å². The maximum Gasteiger partial charge on any atom is 0.221 e. The molecule has 0 spiro atoms. The number of nitrogens with one attached hydrogen (secondary N) is 2. The van der Waals surface area contributed by atoms with Gasteiger partial charge < -0.3 is 10.6 Å². The van der Waals surface area contributed by atoms with Crippen LogP contribution in [0.15, 0.2) is 91.0 Å². The van der Waals surface area contributed by atoms with Gasteiger partial charge in [0.1, 0.15) is 0 Å². The fourth-order valence-corrected chi connectivity index (χ4v) is 6.71. The summed E-state index contributed by atoms with van der Waals surface area (Å²) in [5.41, 5.74) is 9.21. The minimum atomic E-state index is -0.0611. The van der Waals surface area contributed by atoms with Crippen molar-refractivity contribution in [2.75, 3.05) is 0 Å². The minimum absolute atomic E-state index is 0.0283. The SMILES string of the molecule is CC(=O)NC1=CC[C@@H](c2ccc(Cl)c(Cl)c2)c2ccccc21.CC(=O)N[C@@H]1CC[C@@H](c2ccc(Cl)c(C)c2)c2ccccc21. The zero-order valence-corrected chi connectivity index (χ0v) is 27.2. The predicted molar refractivity (Wildman–Crippen MR) is 181 cm³/mol. The molecule has 0 saturated heterocycles. The summed E-state index contributed by atoms with van der Waals surface area (Å²) in [6.07, 6.45) is 4.87. The first-order valence-corrected chi connectivity index (χ1v) is 15.9. The Morgan fingerprint density at radius 1 is 0.682 bits per heavy atom. The van der Waals surface area contributed by atoms with E-state index in [0.29, 0.717) is 16.0 Å². The second-order valence-corrected chi connectivity index (χ2v) is 12.6. The van der Waals surface area contributed by atoms with Crippen molar-refractivity contribution < 1.29 is 9.59 Å². The lowest BCUT2D eigenvalue weighted by atomic mass is 9.76. The summed E-state index contributed by atoms with van der Waals surface area (Å²) in [5.74, 6) is 0.551. The first-order chi connectivity index (χ1) is 21.1. The third-order valence-electron chi connectivity index (χ3n) is 8.29. The molecule has 0 aliphatic heterocycles. The zero-order valence-electron chi connectivity index (χ0n) is 25.0. The lowest BCUT2D eigenvalue weighted by molar-refractivity contribution is -0.120. The molecule has 0 radical (unpaired) electrons. The summed E-state index contributed by atoms with van der Waals surface area (Å²) in [6.45, 7) is 5.15. The Morgan fingerprint density at radius 2 is 1.32 bits per heavy atom. The lowest BCUT2D eigenvalue weighted by Gasteiger charge is -2.32. The quantitative estimate of drug-likeness (QED) is 0.232.